The van der Waals surface area contributed by atoms with Crippen molar-refractivity contribution < 1.29 is 5.32 Å². The number of quaternary nitrogens is 1. The lowest BCUT2D eigenvalue weighted by atomic mass is 9.96. The van der Waals surface area contributed by atoms with Crippen LogP contribution in [0.4, 0.5) is 0 Å². The summed E-state index contributed by atoms with van der Waals surface area (Å²) in [5, 5.41) is 10.8. The molecular formula is C13H19N4+. The number of nitrogens with two attached hydrogens (primary N) is 1. The Bertz CT molecular complexity index is 485. The Kier molecular flexibility index (Phi) is 3.05. The van der Waals surface area contributed by atoms with Crippen LogP contribution in [0.15, 0.2) is 24.3 Å². The van der Waals surface area contributed by atoms with Gasteiger partial charge in [0, 0.05) is 0 Å². The van der Waals surface area contributed by atoms with Crippen molar-refractivity contribution in [2.75, 3.05) is 0 Å². The van der Waals surface area contributed by atoms with Gasteiger partial charge in [-0.1, -0.05) is 23.8 Å². The lowest BCUT2D eigenvalue weighted by Gasteiger charge is -2.19. The quantitative estimate of drug-likeness (QED) is 0.865. The van der Waals surface area contributed by atoms with Gasteiger partial charge in [0.1, 0.15) is 5.52 Å². The summed E-state index contributed by atoms with van der Waals surface area (Å²) in [4.78, 5) is 0. The molecular weight excluding hydrogens is 212 g/mol. The zero-order chi connectivity index (χ0) is 11.5. The fraction of sp³-hybridized carbons (Fsp3) is 0.538. The molecule has 0 radical (unpaired) electrons. The van der Waals surface area contributed by atoms with E-state index in [2.05, 4.69) is 21.7 Å². The molecule has 4 nitrogen and oxygen atoms in total. The normalized spacial score (nSPS) is 17.6. The van der Waals surface area contributed by atoms with Crippen molar-refractivity contribution in [1.82, 2.24) is 15.0 Å². The van der Waals surface area contributed by atoms with Gasteiger partial charge < -0.3 is 5.32 Å². The van der Waals surface area contributed by atoms with Gasteiger partial charge >= 0.3 is 0 Å². The molecule has 3 rings (SSSR count). The molecule has 0 bridgehead atoms. The molecule has 0 amide bonds. The molecule has 17 heavy (non-hydrogen) atoms. The SMILES string of the molecule is c1ccc2c(c1)nnn2C[NH2+]C1CCCCC1. The zero-order valence-corrected chi connectivity index (χ0v) is 10.0. The Hall–Kier alpha value is -1.42. The monoisotopic (exact) mass is 231 g/mol. The third-order valence-corrected chi connectivity index (χ3v) is 3.68. The van der Waals surface area contributed by atoms with Crippen LogP contribution >= 0.6 is 0 Å². The number of aromatic nitrogens is 3. The first-order chi connectivity index (χ1) is 8.43. The van der Waals surface area contributed by atoms with E-state index >= 15 is 0 Å². The van der Waals surface area contributed by atoms with Gasteiger partial charge in [-0.05, 0) is 37.8 Å². The maximum Gasteiger partial charge on any atom is 0.173 e. The number of rotatable bonds is 3. The summed E-state index contributed by atoms with van der Waals surface area (Å²) in [6, 6.07) is 8.94. The number of nitrogens with zero attached hydrogens (tertiary/aromatic N) is 3. The molecule has 2 aromatic rings. The van der Waals surface area contributed by atoms with Crippen LogP contribution in [0.3, 0.4) is 0 Å². The van der Waals surface area contributed by atoms with E-state index in [0.717, 1.165) is 23.7 Å². The molecule has 90 valence electrons. The molecule has 0 aliphatic heterocycles. The smallest absolute Gasteiger partial charge is 0.173 e. The van der Waals surface area contributed by atoms with E-state index < -0.39 is 0 Å². The Morgan fingerprint density at radius 2 is 2.00 bits per heavy atom. The lowest BCUT2D eigenvalue weighted by molar-refractivity contribution is -0.719. The summed E-state index contributed by atoms with van der Waals surface area (Å²) < 4.78 is 2.00. The summed E-state index contributed by atoms with van der Waals surface area (Å²) >= 11 is 0. The lowest BCUT2D eigenvalue weighted by Crippen LogP contribution is -2.89. The average molecular weight is 231 g/mol. The molecule has 1 fully saturated rings. The highest BCUT2D eigenvalue weighted by Crippen LogP contribution is 2.14. The largest absolute Gasteiger partial charge is 0.325 e. The fourth-order valence-corrected chi connectivity index (χ4v) is 2.67. The van der Waals surface area contributed by atoms with E-state index in [4.69, 9.17) is 0 Å². The molecule has 0 saturated heterocycles. The minimum Gasteiger partial charge on any atom is -0.325 e. The van der Waals surface area contributed by atoms with E-state index in [1.165, 1.54) is 32.1 Å². The maximum atomic E-state index is 4.22. The highest BCUT2D eigenvalue weighted by molar-refractivity contribution is 5.73. The van der Waals surface area contributed by atoms with Crippen molar-refractivity contribution in [3.8, 4) is 0 Å². The molecule has 2 N–H and O–H groups in total. The molecule has 1 aliphatic rings. The van der Waals surface area contributed by atoms with E-state index in [-0.39, 0.29) is 0 Å². The standard InChI is InChI=1S/C13H18N4/c1-2-6-11(7-3-1)14-10-17-13-9-5-4-8-12(13)15-16-17/h4-5,8-9,11,14H,1-3,6-7,10H2/p+1. The second-order valence-corrected chi connectivity index (χ2v) is 4.89. The van der Waals surface area contributed by atoms with Crippen LogP contribution in [-0.2, 0) is 6.67 Å². The first kappa shape index (κ1) is 10.7. The Balaban J connectivity index is 1.68. The number of hydrogen-bond acceptors (Lipinski definition) is 2. The van der Waals surface area contributed by atoms with Crippen LogP contribution in [0.5, 0.6) is 0 Å². The predicted molar refractivity (Wildman–Crippen MR) is 66.3 cm³/mol. The molecule has 1 aromatic carbocycles. The van der Waals surface area contributed by atoms with Gasteiger partial charge in [-0.2, -0.15) is 4.68 Å². The number of benzene rings is 1. The number of hydrogen-bond donors (Lipinski definition) is 1. The third-order valence-electron chi connectivity index (χ3n) is 3.68. The summed E-state index contributed by atoms with van der Waals surface area (Å²) in [6.07, 6.45) is 6.90. The second kappa shape index (κ2) is 4.84. The van der Waals surface area contributed by atoms with Crippen LogP contribution in [0, 0.1) is 0 Å². The Labute approximate surface area is 101 Å². The summed E-state index contributed by atoms with van der Waals surface area (Å²) in [6.45, 7) is 0.894. The van der Waals surface area contributed by atoms with Crippen LogP contribution < -0.4 is 5.32 Å². The molecule has 0 unspecified atom stereocenters. The van der Waals surface area contributed by atoms with Gasteiger partial charge in [0.25, 0.3) is 0 Å². The van der Waals surface area contributed by atoms with Gasteiger partial charge in [0.2, 0.25) is 0 Å². The van der Waals surface area contributed by atoms with E-state index in [9.17, 15) is 0 Å². The van der Waals surface area contributed by atoms with Gasteiger partial charge in [-0.25, -0.2) is 0 Å². The third kappa shape index (κ3) is 2.31. The van der Waals surface area contributed by atoms with Crippen molar-refractivity contribution in [2.24, 2.45) is 0 Å². The molecule has 1 saturated carbocycles. The molecule has 1 aliphatic carbocycles. The first-order valence-electron chi connectivity index (χ1n) is 6.55. The summed E-state index contributed by atoms with van der Waals surface area (Å²) in [5.41, 5.74) is 2.13. The Morgan fingerprint density at radius 3 is 2.88 bits per heavy atom. The molecule has 4 heteroatoms. The van der Waals surface area contributed by atoms with Gasteiger partial charge in [-0.15, -0.1) is 5.10 Å². The second-order valence-electron chi connectivity index (χ2n) is 4.89. The summed E-state index contributed by atoms with van der Waals surface area (Å²) in [5.74, 6) is 0. The molecule has 1 aromatic heterocycles. The zero-order valence-electron chi connectivity index (χ0n) is 10.0. The minimum atomic E-state index is 0.784. The molecule has 1 heterocycles. The molecule has 0 spiro atoms. The van der Waals surface area contributed by atoms with Crippen molar-refractivity contribution in [1.29, 1.82) is 0 Å². The van der Waals surface area contributed by atoms with Crippen molar-refractivity contribution in [3.63, 3.8) is 0 Å². The van der Waals surface area contributed by atoms with Crippen LogP contribution in [0.1, 0.15) is 32.1 Å². The van der Waals surface area contributed by atoms with Gasteiger partial charge in [0.15, 0.2) is 6.67 Å². The van der Waals surface area contributed by atoms with Crippen molar-refractivity contribution >= 4 is 11.0 Å². The number of fused-ring (bicyclic) bond motifs is 1. The average Bonchev–Trinajstić information content (AvgIpc) is 2.81. The van der Waals surface area contributed by atoms with Crippen LogP contribution in [-0.4, -0.2) is 21.0 Å². The number of para-hydroxylation sites is 1. The van der Waals surface area contributed by atoms with Gasteiger partial charge in [-0.3, -0.25) is 0 Å². The van der Waals surface area contributed by atoms with E-state index in [1.807, 2.05) is 22.9 Å². The van der Waals surface area contributed by atoms with E-state index in [1.54, 1.807) is 0 Å². The first-order valence-corrected chi connectivity index (χ1v) is 6.55. The fourth-order valence-electron chi connectivity index (χ4n) is 2.67. The van der Waals surface area contributed by atoms with E-state index in [0.29, 0.717) is 0 Å². The highest BCUT2D eigenvalue weighted by Gasteiger charge is 2.16. The maximum absolute atomic E-state index is 4.22. The predicted octanol–water partition coefficient (Wildman–Crippen LogP) is 1.28. The van der Waals surface area contributed by atoms with Crippen LogP contribution in [0.25, 0.3) is 11.0 Å². The summed E-state index contributed by atoms with van der Waals surface area (Å²) in [7, 11) is 0. The van der Waals surface area contributed by atoms with Crippen molar-refractivity contribution in [3.05, 3.63) is 24.3 Å². The Morgan fingerprint density at radius 1 is 1.18 bits per heavy atom. The minimum absolute atomic E-state index is 0.784. The molecule has 0 atom stereocenters. The van der Waals surface area contributed by atoms with Gasteiger partial charge in [0.05, 0.1) is 11.6 Å². The van der Waals surface area contributed by atoms with Crippen molar-refractivity contribution in [2.45, 2.75) is 44.8 Å². The van der Waals surface area contributed by atoms with Crippen LogP contribution in [0.2, 0.25) is 0 Å². The topological polar surface area (TPSA) is 47.3 Å². The highest BCUT2D eigenvalue weighted by atomic mass is 15.5.